The van der Waals surface area contributed by atoms with Gasteiger partial charge in [-0.3, -0.25) is 9.59 Å². The third-order valence-corrected chi connectivity index (χ3v) is 4.16. The van der Waals surface area contributed by atoms with Crippen LogP contribution in [-0.4, -0.2) is 53.0 Å². The lowest BCUT2D eigenvalue weighted by Crippen LogP contribution is -2.38. The van der Waals surface area contributed by atoms with Crippen LogP contribution in [0.5, 0.6) is 23.0 Å². The van der Waals surface area contributed by atoms with Crippen LogP contribution in [0.1, 0.15) is 11.1 Å². The molecule has 0 radical (unpaired) electrons. The molecule has 0 heterocycles. The zero-order valence-corrected chi connectivity index (χ0v) is 17.4. The third kappa shape index (κ3) is 6.13. The molecule has 0 unspecified atom stereocenters. The predicted octanol–water partition coefficient (Wildman–Crippen LogP) is 1.53. The topological polar surface area (TPSA) is 107 Å². The van der Waals surface area contributed by atoms with Crippen LogP contribution in [0.15, 0.2) is 41.5 Å². The van der Waals surface area contributed by atoms with Crippen LogP contribution in [0.2, 0.25) is 0 Å². The summed E-state index contributed by atoms with van der Waals surface area (Å²) >= 11 is 0. The van der Waals surface area contributed by atoms with Gasteiger partial charge in [-0.1, -0.05) is 6.07 Å². The van der Waals surface area contributed by atoms with E-state index in [9.17, 15) is 9.59 Å². The lowest BCUT2D eigenvalue weighted by Gasteiger charge is -2.10. The maximum atomic E-state index is 11.9. The summed E-state index contributed by atoms with van der Waals surface area (Å²) in [5, 5.41) is 6.34. The van der Waals surface area contributed by atoms with Gasteiger partial charge in [-0.05, 0) is 36.2 Å². The Kier molecular flexibility index (Phi) is 8.49. The summed E-state index contributed by atoms with van der Waals surface area (Å²) in [4.78, 5) is 23.8. The van der Waals surface area contributed by atoms with E-state index < -0.39 is 11.8 Å². The molecule has 0 spiro atoms. The highest BCUT2D eigenvalue weighted by Gasteiger charge is 2.12. The average Bonchev–Trinajstić information content (AvgIpc) is 2.78. The standard InChI is InChI=1S/C21H25N3O6/c1-27-16-7-6-15(18(12-16)29-3)13-23-24-21(26)20(25)22-10-9-14-5-8-17(28-2)19(11-14)30-4/h5-8,11-13H,9-10H2,1-4H3,(H,22,25)(H,24,26)/b23-13+. The number of nitrogens with one attached hydrogen (secondary N) is 2. The molecule has 9 heteroatoms. The Morgan fingerprint density at radius 2 is 1.60 bits per heavy atom. The molecule has 2 aromatic carbocycles. The number of methoxy groups -OCH3 is 4. The van der Waals surface area contributed by atoms with E-state index in [4.69, 9.17) is 18.9 Å². The van der Waals surface area contributed by atoms with Gasteiger partial charge in [-0.15, -0.1) is 0 Å². The van der Waals surface area contributed by atoms with E-state index in [-0.39, 0.29) is 6.54 Å². The molecular weight excluding hydrogens is 390 g/mol. The number of ether oxygens (including phenoxy) is 4. The summed E-state index contributed by atoms with van der Waals surface area (Å²) in [5.74, 6) is 0.715. The molecule has 160 valence electrons. The minimum Gasteiger partial charge on any atom is -0.497 e. The first-order valence-electron chi connectivity index (χ1n) is 9.06. The zero-order valence-electron chi connectivity index (χ0n) is 17.4. The molecule has 2 amide bonds. The van der Waals surface area contributed by atoms with Gasteiger partial charge in [0.05, 0.1) is 34.7 Å². The fourth-order valence-electron chi connectivity index (χ4n) is 2.57. The Balaban J connectivity index is 1.84. The smallest absolute Gasteiger partial charge is 0.329 e. The molecular formula is C21H25N3O6. The Morgan fingerprint density at radius 1 is 0.867 bits per heavy atom. The minimum atomic E-state index is -0.869. The molecule has 2 aromatic rings. The Hall–Kier alpha value is -3.75. The van der Waals surface area contributed by atoms with Crippen molar-refractivity contribution in [3.05, 3.63) is 47.5 Å². The number of amides is 2. The molecule has 2 rings (SSSR count). The molecule has 2 N–H and O–H groups in total. The van der Waals surface area contributed by atoms with Crippen LogP contribution >= 0.6 is 0 Å². The molecule has 30 heavy (non-hydrogen) atoms. The van der Waals surface area contributed by atoms with Crippen molar-refractivity contribution in [3.63, 3.8) is 0 Å². The maximum Gasteiger partial charge on any atom is 0.329 e. The van der Waals surface area contributed by atoms with Crippen molar-refractivity contribution in [1.29, 1.82) is 0 Å². The van der Waals surface area contributed by atoms with Crippen molar-refractivity contribution in [3.8, 4) is 23.0 Å². The van der Waals surface area contributed by atoms with Gasteiger partial charge in [0.1, 0.15) is 11.5 Å². The van der Waals surface area contributed by atoms with Gasteiger partial charge in [-0.25, -0.2) is 5.43 Å². The lowest BCUT2D eigenvalue weighted by molar-refractivity contribution is -0.139. The molecule has 0 aliphatic carbocycles. The molecule has 0 aliphatic heterocycles. The maximum absolute atomic E-state index is 11.9. The first-order chi connectivity index (χ1) is 14.5. The minimum absolute atomic E-state index is 0.276. The Bertz CT molecular complexity index is 914. The first kappa shape index (κ1) is 22.5. The van der Waals surface area contributed by atoms with Crippen molar-refractivity contribution in [1.82, 2.24) is 10.7 Å². The van der Waals surface area contributed by atoms with Crippen LogP contribution in [0, 0.1) is 0 Å². The quantitative estimate of drug-likeness (QED) is 0.365. The van der Waals surface area contributed by atoms with E-state index in [1.54, 1.807) is 45.6 Å². The lowest BCUT2D eigenvalue weighted by atomic mass is 10.1. The molecule has 0 atom stereocenters. The summed E-state index contributed by atoms with van der Waals surface area (Å²) in [5.41, 5.74) is 3.73. The molecule has 0 fully saturated rings. The summed E-state index contributed by atoms with van der Waals surface area (Å²) in [6.45, 7) is 0.276. The molecule has 0 bridgehead atoms. The highest BCUT2D eigenvalue weighted by Crippen LogP contribution is 2.27. The summed E-state index contributed by atoms with van der Waals surface area (Å²) < 4.78 is 20.8. The van der Waals surface area contributed by atoms with Crippen molar-refractivity contribution in [2.75, 3.05) is 35.0 Å². The Labute approximate surface area is 175 Å². The van der Waals surface area contributed by atoms with Gasteiger partial charge >= 0.3 is 11.8 Å². The van der Waals surface area contributed by atoms with E-state index in [1.807, 2.05) is 12.1 Å². The third-order valence-electron chi connectivity index (χ3n) is 4.16. The van der Waals surface area contributed by atoms with Crippen LogP contribution in [0.25, 0.3) is 0 Å². The van der Waals surface area contributed by atoms with Crippen LogP contribution in [0.3, 0.4) is 0 Å². The largest absolute Gasteiger partial charge is 0.497 e. The average molecular weight is 415 g/mol. The molecule has 0 saturated carbocycles. The van der Waals surface area contributed by atoms with Crippen molar-refractivity contribution in [2.24, 2.45) is 5.10 Å². The first-order valence-corrected chi connectivity index (χ1v) is 9.06. The summed E-state index contributed by atoms with van der Waals surface area (Å²) in [6.07, 6.45) is 1.90. The molecule has 0 aromatic heterocycles. The van der Waals surface area contributed by atoms with E-state index in [2.05, 4.69) is 15.8 Å². The van der Waals surface area contributed by atoms with E-state index in [0.29, 0.717) is 35.0 Å². The highest BCUT2D eigenvalue weighted by atomic mass is 16.5. The van der Waals surface area contributed by atoms with Gasteiger partial charge in [0, 0.05) is 18.2 Å². The zero-order chi connectivity index (χ0) is 21.9. The van der Waals surface area contributed by atoms with E-state index in [1.165, 1.54) is 13.3 Å². The predicted molar refractivity (Wildman–Crippen MR) is 112 cm³/mol. The number of rotatable bonds is 9. The molecule has 9 nitrogen and oxygen atoms in total. The number of hydrazone groups is 1. The number of benzene rings is 2. The number of nitrogens with zero attached hydrogens (tertiary/aromatic N) is 1. The number of carbonyl (C=O) groups is 2. The summed E-state index contributed by atoms with van der Waals surface area (Å²) in [7, 11) is 6.17. The van der Waals surface area contributed by atoms with Gasteiger partial charge < -0.3 is 24.3 Å². The molecule has 0 saturated heterocycles. The second kappa shape index (κ2) is 11.3. The number of hydrogen-bond donors (Lipinski definition) is 2. The number of hydrogen-bond acceptors (Lipinski definition) is 7. The normalized spacial score (nSPS) is 10.4. The SMILES string of the molecule is COc1ccc(/C=N/NC(=O)C(=O)NCCc2ccc(OC)c(OC)c2)c(OC)c1. The second-order valence-corrected chi connectivity index (χ2v) is 6.00. The Morgan fingerprint density at radius 3 is 2.27 bits per heavy atom. The van der Waals surface area contributed by atoms with Crippen molar-refractivity contribution < 1.29 is 28.5 Å². The van der Waals surface area contributed by atoms with Crippen molar-refractivity contribution >= 4 is 18.0 Å². The van der Waals surface area contributed by atoms with Gasteiger partial charge in [-0.2, -0.15) is 5.10 Å². The monoisotopic (exact) mass is 415 g/mol. The summed E-state index contributed by atoms with van der Waals surface area (Å²) in [6, 6.07) is 10.6. The fourth-order valence-corrected chi connectivity index (χ4v) is 2.57. The van der Waals surface area contributed by atoms with Crippen molar-refractivity contribution in [2.45, 2.75) is 6.42 Å². The van der Waals surface area contributed by atoms with Crippen LogP contribution in [0.4, 0.5) is 0 Å². The second-order valence-electron chi connectivity index (χ2n) is 6.00. The van der Waals surface area contributed by atoms with Gasteiger partial charge in [0.15, 0.2) is 11.5 Å². The highest BCUT2D eigenvalue weighted by molar-refractivity contribution is 6.35. The van der Waals surface area contributed by atoms with E-state index >= 15 is 0 Å². The van der Waals surface area contributed by atoms with Crippen LogP contribution < -0.4 is 29.7 Å². The van der Waals surface area contributed by atoms with Gasteiger partial charge in [0.25, 0.3) is 0 Å². The number of carbonyl (C=O) groups excluding carboxylic acids is 2. The van der Waals surface area contributed by atoms with Crippen LogP contribution in [-0.2, 0) is 16.0 Å². The molecule has 0 aliphatic rings. The van der Waals surface area contributed by atoms with Gasteiger partial charge in [0.2, 0.25) is 0 Å². The fraction of sp³-hybridized carbons (Fsp3) is 0.286. The van der Waals surface area contributed by atoms with E-state index in [0.717, 1.165) is 5.56 Å².